The lowest BCUT2D eigenvalue weighted by Gasteiger charge is -2.10. The van der Waals surface area contributed by atoms with Crippen molar-refractivity contribution in [2.75, 3.05) is 17.7 Å². The highest BCUT2D eigenvalue weighted by atomic mass is 16.5. The molecule has 1 amide bonds. The Bertz CT molecular complexity index is 910. The number of ether oxygens (including phenoxy) is 1. The minimum Gasteiger partial charge on any atom is -0.496 e. The van der Waals surface area contributed by atoms with Crippen molar-refractivity contribution >= 4 is 17.5 Å². The molecule has 3 aromatic rings. The lowest BCUT2D eigenvalue weighted by molar-refractivity contribution is 0.102. The van der Waals surface area contributed by atoms with E-state index in [-0.39, 0.29) is 5.91 Å². The van der Waals surface area contributed by atoms with E-state index in [0.29, 0.717) is 18.2 Å². The van der Waals surface area contributed by atoms with E-state index in [4.69, 9.17) is 4.74 Å². The molecule has 1 aromatic heterocycles. The van der Waals surface area contributed by atoms with E-state index in [1.54, 1.807) is 19.4 Å². The molecule has 0 spiro atoms. The van der Waals surface area contributed by atoms with Crippen LogP contribution in [0, 0.1) is 0 Å². The van der Waals surface area contributed by atoms with Crippen LogP contribution in [-0.4, -0.2) is 23.0 Å². The summed E-state index contributed by atoms with van der Waals surface area (Å²) in [5.41, 5.74) is 3.23. The number of hydrogen-bond acceptors (Lipinski definition) is 5. The average Bonchev–Trinajstić information content (AvgIpc) is 2.73. The van der Waals surface area contributed by atoms with E-state index in [1.165, 1.54) is 5.56 Å². The molecule has 138 valence electrons. The molecule has 0 fully saturated rings. The Morgan fingerprint density at radius 3 is 2.59 bits per heavy atom. The van der Waals surface area contributed by atoms with Gasteiger partial charge in [-0.25, -0.2) is 9.97 Å². The monoisotopic (exact) mass is 362 g/mol. The van der Waals surface area contributed by atoms with Gasteiger partial charge in [0, 0.05) is 24.0 Å². The molecule has 0 unspecified atom stereocenters. The number of anilines is 2. The quantitative estimate of drug-likeness (QED) is 0.666. The number of benzene rings is 2. The van der Waals surface area contributed by atoms with Gasteiger partial charge in [-0.2, -0.15) is 0 Å². The number of aromatic nitrogens is 2. The molecule has 0 atom stereocenters. The Kier molecular flexibility index (Phi) is 5.99. The van der Waals surface area contributed by atoms with E-state index in [0.717, 1.165) is 23.4 Å². The molecule has 6 heteroatoms. The lowest BCUT2D eigenvalue weighted by atomic mass is 10.1. The molecule has 0 aliphatic carbocycles. The zero-order valence-corrected chi connectivity index (χ0v) is 15.4. The molecule has 0 radical (unpaired) electrons. The number of aryl methyl sites for hydroxylation is 1. The summed E-state index contributed by atoms with van der Waals surface area (Å²) in [5.74, 6) is 0.895. The van der Waals surface area contributed by atoms with Crippen molar-refractivity contribution < 1.29 is 9.53 Å². The van der Waals surface area contributed by atoms with Crippen LogP contribution in [0.1, 0.15) is 28.5 Å². The van der Waals surface area contributed by atoms with Crippen molar-refractivity contribution in [1.29, 1.82) is 0 Å². The number of hydrogen-bond donors (Lipinski definition) is 2. The smallest absolute Gasteiger partial charge is 0.274 e. The summed E-state index contributed by atoms with van der Waals surface area (Å²) in [6, 6.07) is 17.1. The number of methoxy groups -OCH3 is 1. The molecule has 27 heavy (non-hydrogen) atoms. The summed E-state index contributed by atoms with van der Waals surface area (Å²) in [6.45, 7) is 2.58. The summed E-state index contributed by atoms with van der Waals surface area (Å²) >= 11 is 0. The maximum absolute atomic E-state index is 12.4. The standard InChI is InChI=1S/C21H22N4O2/c1-3-15-8-10-17(11-9-15)24-20(26)18-12-13-22-21(25-18)23-14-16-6-4-5-7-19(16)27-2/h4-13H,3,14H2,1-2H3,(H,24,26)(H,22,23,25). The second kappa shape index (κ2) is 8.80. The predicted octanol–water partition coefficient (Wildman–Crippen LogP) is 3.91. The fraction of sp³-hybridized carbons (Fsp3) is 0.190. The van der Waals surface area contributed by atoms with E-state index >= 15 is 0 Å². The first-order valence-corrected chi connectivity index (χ1v) is 8.78. The third kappa shape index (κ3) is 4.82. The van der Waals surface area contributed by atoms with Gasteiger partial charge in [0.15, 0.2) is 0 Å². The molecule has 1 heterocycles. The normalized spacial score (nSPS) is 10.3. The van der Waals surface area contributed by atoms with Crippen LogP contribution in [-0.2, 0) is 13.0 Å². The van der Waals surface area contributed by atoms with Gasteiger partial charge in [-0.15, -0.1) is 0 Å². The average molecular weight is 362 g/mol. The Labute approximate surface area is 158 Å². The fourth-order valence-corrected chi connectivity index (χ4v) is 2.61. The molecule has 0 aliphatic heterocycles. The topological polar surface area (TPSA) is 76.1 Å². The predicted molar refractivity (Wildman–Crippen MR) is 106 cm³/mol. The van der Waals surface area contributed by atoms with Gasteiger partial charge < -0.3 is 15.4 Å². The van der Waals surface area contributed by atoms with Gasteiger partial charge in [-0.05, 0) is 36.2 Å². The summed E-state index contributed by atoms with van der Waals surface area (Å²) in [4.78, 5) is 20.9. The molecule has 0 bridgehead atoms. The highest BCUT2D eigenvalue weighted by molar-refractivity contribution is 6.02. The first-order chi connectivity index (χ1) is 13.2. The van der Waals surface area contributed by atoms with E-state index < -0.39 is 0 Å². The Hall–Kier alpha value is -3.41. The first-order valence-electron chi connectivity index (χ1n) is 8.78. The van der Waals surface area contributed by atoms with Crippen LogP contribution >= 0.6 is 0 Å². The number of nitrogens with zero attached hydrogens (tertiary/aromatic N) is 2. The summed E-state index contributed by atoms with van der Waals surface area (Å²) in [7, 11) is 1.63. The highest BCUT2D eigenvalue weighted by Gasteiger charge is 2.10. The van der Waals surface area contributed by atoms with Crippen molar-refractivity contribution in [2.24, 2.45) is 0 Å². The summed E-state index contributed by atoms with van der Waals surface area (Å²) in [5, 5.41) is 5.98. The van der Waals surface area contributed by atoms with Gasteiger partial charge in [0.1, 0.15) is 11.4 Å². The molecule has 0 saturated heterocycles. The van der Waals surface area contributed by atoms with Gasteiger partial charge in [-0.3, -0.25) is 4.79 Å². The maximum atomic E-state index is 12.4. The van der Waals surface area contributed by atoms with Crippen molar-refractivity contribution in [1.82, 2.24) is 9.97 Å². The summed E-state index contributed by atoms with van der Waals surface area (Å²) < 4.78 is 5.33. The summed E-state index contributed by atoms with van der Waals surface area (Å²) in [6.07, 6.45) is 2.52. The van der Waals surface area contributed by atoms with Gasteiger partial charge in [0.2, 0.25) is 5.95 Å². The zero-order valence-electron chi connectivity index (χ0n) is 15.4. The molecule has 2 aromatic carbocycles. The number of nitrogens with one attached hydrogen (secondary N) is 2. The number of para-hydroxylation sites is 1. The van der Waals surface area contributed by atoms with Crippen LogP contribution in [0.5, 0.6) is 5.75 Å². The van der Waals surface area contributed by atoms with Gasteiger partial charge in [-0.1, -0.05) is 37.3 Å². The third-order valence-corrected chi connectivity index (χ3v) is 4.14. The molecule has 0 aliphatic rings. The minimum atomic E-state index is -0.276. The van der Waals surface area contributed by atoms with Crippen LogP contribution in [0.15, 0.2) is 60.8 Å². The van der Waals surface area contributed by atoms with E-state index in [1.807, 2.05) is 48.5 Å². The van der Waals surface area contributed by atoms with Crippen molar-refractivity contribution in [3.8, 4) is 5.75 Å². The van der Waals surface area contributed by atoms with E-state index in [9.17, 15) is 4.79 Å². The Morgan fingerprint density at radius 1 is 1.07 bits per heavy atom. The van der Waals surface area contributed by atoms with Gasteiger partial charge in [0.25, 0.3) is 5.91 Å². The van der Waals surface area contributed by atoms with Gasteiger partial charge in [0.05, 0.1) is 7.11 Å². The first kappa shape index (κ1) is 18.4. The molecule has 0 saturated carbocycles. The van der Waals surface area contributed by atoms with Crippen LogP contribution < -0.4 is 15.4 Å². The Morgan fingerprint density at radius 2 is 1.85 bits per heavy atom. The maximum Gasteiger partial charge on any atom is 0.274 e. The molecule has 2 N–H and O–H groups in total. The fourth-order valence-electron chi connectivity index (χ4n) is 2.61. The van der Waals surface area contributed by atoms with Crippen molar-refractivity contribution in [3.63, 3.8) is 0 Å². The largest absolute Gasteiger partial charge is 0.496 e. The van der Waals surface area contributed by atoms with Crippen LogP contribution in [0.4, 0.5) is 11.6 Å². The molecular formula is C21H22N4O2. The number of carbonyl (C=O) groups excluding carboxylic acids is 1. The molecular weight excluding hydrogens is 340 g/mol. The van der Waals surface area contributed by atoms with Crippen molar-refractivity contribution in [3.05, 3.63) is 77.6 Å². The minimum absolute atomic E-state index is 0.276. The number of carbonyl (C=O) groups is 1. The zero-order chi connectivity index (χ0) is 19.1. The SMILES string of the molecule is CCc1ccc(NC(=O)c2ccnc(NCc3ccccc3OC)n2)cc1. The second-order valence-electron chi connectivity index (χ2n) is 5.94. The molecule has 6 nitrogen and oxygen atoms in total. The molecule has 3 rings (SSSR count). The highest BCUT2D eigenvalue weighted by Crippen LogP contribution is 2.18. The van der Waals surface area contributed by atoms with Crippen molar-refractivity contribution in [2.45, 2.75) is 19.9 Å². The number of amides is 1. The third-order valence-electron chi connectivity index (χ3n) is 4.14. The van der Waals surface area contributed by atoms with E-state index in [2.05, 4.69) is 27.5 Å². The lowest BCUT2D eigenvalue weighted by Crippen LogP contribution is -2.15. The number of rotatable bonds is 7. The second-order valence-corrected chi connectivity index (χ2v) is 5.94. The van der Waals surface area contributed by atoms with Gasteiger partial charge >= 0.3 is 0 Å². The van der Waals surface area contributed by atoms with Crippen LogP contribution in [0.3, 0.4) is 0 Å². The Balaban J connectivity index is 1.66. The van der Waals surface area contributed by atoms with Crippen LogP contribution in [0.2, 0.25) is 0 Å². The van der Waals surface area contributed by atoms with Crippen LogP contribution in [0.25, 0.3) is 0 Å².